The van der Waals surface area contributed by atoms with E-state index in [-0.39, 0.29) is 5.54 Å². The van der Waals surface area contributed by atoms with E-state index in [9.17, 15) is 0 Å². The molecule has 0 radical (unpaired) electrons. The van der Waals surface area contributed by atoms with Crippen LogP contribution in [0.5, 0.6) is 0 Å². The van der Waals surface area contributed by atoms with Crippen molar-refractivity contribution in [1.29, 1.82) is 5.26 Å². The Bertz CT molecular complexity index is 200. The maximum atomic E-state index is 8.27. The van der Waals surface area contributed by atoms with E-state index in [0.717, 1.165) is 0 Å². The molecule has 0 aromatic rings. The summed E-state index contributed by atoms with van der Waals surface area (Å²) in [5, 5.41) is 11.4. The standard InChI is InChI=1S/C9H14N2/c1-4-6-9(2,3)11-8-5-7-10/h11H,5,8H2,1-3H3. The monoisotopic (exact) mass is 150 g/mol. The lowest BCUT2D eigenvalue weighted by molar-refractivity contribution is 0.499. The normalized spacial score (nSPS) is 9.64. The lowest BCUT2D eigenvalue weighted by Gasteiger charge is -2.18. The fourth-order valence-electron chi connectivity index (χ4n) is 0.788. The van der Waals surface area contributed by atoms with Gasteiger partial charge in [0.1, 0.15) is 0 Å². The minimum absolute atomic E-state index is 0.161. The third-order valence-electron chi connectivity index (χ3n) is 1.24. The van der Waals surface area contributed by atoms with Crippen LogP contribution in [0.15, 0.2) is 0 Å². The van der Waals surface area contributed by atoms with Crippen molar-refractivity contribution in [2.75, 3.05) is 6.54 Å². The summed E-state index contributed by atoms with van der Waals surface area (Å²) in [5.41, 5.74) is -0.161. The third kappa shape index (κ3) is 5.45. The summed E-state index contributed by atoms with van der Waals surface area (Å²) >= 11 is 0. The summed E-state index contributed by atoms with van der Waals surface area (Å²) in [6.45, 7) is 6.52. The van der Waals surface area contributed by atoms with Crippen LogP contribution in [0.2, 0.25) is 0 Å². The van der Waals surface area contributed by atoms with Crippen molar-refractivity contribution in [1.82, 2.24) is 5.32 Å². The highest BCUT2D eigenvalue weighted by molar-refractivity contribution is 5.12. The van der Waals surface area contributed by atoms with Gasteiger partial charge in [-0.15, -0.1) is 5.92 Å². The highest BCUT2D eigenvalue weighted by Gasteiger charge is 2.10. The van der Waals surface area contributed by atoms with Crippen molar-refractivity contribution in [3.8, 4) is 17.9 Å². The summed E-state index contributed by atoms with van der Waals surface area (Å²) in [4.78, 5) is 0. The predicted octanol–water partition coefficient (Wildman–Crippen LogP) is 1.29. The molecule has 0 aliphatic carbocycles. The molecule has 0 fully saturated rings. The molecule has 0 heterocycles. The molecule has 0 aliphatic rings. The molecule has 1 N–H and O–H groups in total. The van der Waals surface area contributed by atoms with Crippen molar-refractivity contribution >= 4 is 0 Å². The highest BCUT2D eigenvalue weighted by Crippen LogP contribution is 1.98. The van der Waals surface area contributed by atoms with E-state index in [0.29, 0.717) is 13.0 Å². The van der Waals surface area contributed by atoms with E-state index < -0.39 is 0 Å². The fraction of sp³-hybridized carbons (Fsp3) is 0.667. The number of nitrogens with one attached hydrogen (secondary N) is 1. The molecule has 0 aromatic heterocycles. The number of rotatable bonds is 3. The summed E-state index contributed by atoms with van der Waals surface area (Å²) in [7, 11) is 0. The van der Waals surface area contributed by atoms with Gasteiger partial charge in [-0.05, 0) is 20.8 Å². The van der Waals surface area contributed by atoms with Gasteiger partial charge < -0.3 is 5.32 Å². The van der Waals surface area contributed by atoms with Crippen molar-refractivity contribution in [3.05, 3.63) is 0 Å². The Kier molecular flexibility index (Phi) is 4.34. The lowest BCUT2D eigenvalue weighted by Crippen LogP contribution is -2.38. The molecule has 0 unspecified atom stereocenters. The van der Waals surface area contributed by atoms with Crippen LogP contribution < -0.4 is 5.32 Å². The Hall–Kier alpha value is -0.990. The van der Waals surface area contributed by atoms with Gasteiger partial charge in [-0.1, -0.05) is 5.92 Å². The van der Waals surface area contributed by atoms with Crippen molar-refractivity contribution < 1.29 is 0 Å². The molecule has 0 amide bonds. The second-order valence-corrected chi connectivity index (χ2v) is 2.83. The highest BCUT2D eigenvalue weighted by atomic mass is 14.9. The fourth-order valence-corrected chi connectivity index (χ4v) is 0.788. The van der Waals surface area contributed by atoms with Gasteiger partial charge in [-0.25, -0.2) is 0 Å². The van der Waals surface area contributed by atoms with Gasteiger partial charge in [0.2, 0.25) is 0 Å². The number of hydrogen-bond donors (Lipinski definition) is 1. The Morgan fingerprint density at radius 1 is 1.45 bits per heavy atom. The Morgan fingerprint density at radius 2 is 2.09 bits per heavy atom. The predicted molar refractivity (Wildman–Crippen MR) is 45.8 cm³/mol. The first-order chi connectivity index (χ1) is 5.12. The molecule has 60 valence electrons. The molecule has 0 aromatic carbocycles. The SMILES string of the molecule is CC#CC(C)(C)NCCC#N. The number of hydrogen-bond acceptors (Lipinski definition) is 2. The van der Waals surface area contributed by atoms with Gasteiger partial charge in [-0.2, -0.15) is 5.26 Å². The first kappa shape index (κ1) is 10.0. The zero-order chi connectivity index (χ0) is 8.74. The Balaban J connectivity index is 3.72. The van der Waals surface area contributed by atoms with Gasteiger partial charge in [0, 0.05) is 13.0 Å². The minimum atomic E-state index is -0.161. The average molecular weight is 150 g/mol. The van der Waals surface area contributed by atoms with Crippen LogP contribution in [0, 0.1) is 23.2 Å². The second-order valence-electron chi connectivity index (χ2n) is 2.83. The number of nitrogens with zero attached hydrogens (tertiary/aromatic N) is 1. The Morgan fingerprint density at radius 3 is 2.55 bits per heavy atom. The lowest BCUT2D eigenvalue weighted by atomic mass is 10.1. The molecular formula is C9H14N2. The molecule has 0 spiro atoms. The largest absolute Gasteiger partial charge is 0.301 e. The van der Waals surface area contributed by atoms with E-state index in [1.165, 1.54) is 0 Å². The van der Waals surface area contributed by atoms with E-state index >= 15 is 0 Å². The Labute approximate surface area is 68.6 Å². The molecule has 11 heavy (non-hydrogen) atoms. The zero-order valence-corrected chi connectivity index (χ0v) is 7.36. The van der Waals surface area contributed by atoms with Crippen LogP contribution in [0.25, 0.3) is 0 Å². The van der Waals surface area contributed by atoms with Gasteiger partial charge in [-0.3, -0.25) is 0 Å². The molecular weight excluding hydrogens is 136 g/mol. The first-order valence-corrected chi connectivity index (χ1v) is 3.68. The third-order valence-corrected chi connectivity index (χ3v) is 1.24. The molecule has 2 heteroatoms. The summed E-state index contributed by atoms with van der Waals surface area (Å²) < 4.78 is 0. The van der Waals surface area contributed by atoms with E-state index in [4.69, 9.17) is 5.26 Å². The smallest absolute Gasteiger partial charge is 0.0744 e. The molecule has 0 saturated carbocycles. The van der Waals surface area contributed by atoms with Crippen LogP contribution >= 0.6 is 0 Å². The number of nitriles is 1. The maximum absolute atomic E-state index is 8.27. The average Bonchev–Trinajstić information content (AvgIpc) is 1.87. The molecule has 0 atom stereocenters. The molecule has 2 nitrogen and oxygen atoms in total. The van der Waals surface area contributed by atoms with Gasteiger partial charge >= 0.3 is 0 Å². The zero-order valence-electron chi connectivity index (χ0n) is 7.36. The van der Waals surface area contributed by atoms with Crippen LogP contribution in [0.4, 0.5) is 0 Å². The van der Waals surface area contributed by atoms with Crippen molar-refractivity contribution in [3.63, 3.8) is 0 Å². The van der Waals surface area contributed by atoms with Crippen LogP contribution in [0.3, 0.4) is 0 Å². The van der Waals surface area contributed by atoms with Gasteiger partial charge in [0.15, 0.2) is 0 Å². The van der Waals surface area contributed by atoms with Crippen LogP contribution in [-0.2, 0) is 0 Å². The molecule has 0 saturated heterocycles. The molecule has 0 aliphatic heterocycles. The van der Waals surface area contributed by atoms with E-state index in [1.807, 2.05) is 20.8 Å². The minimum Gasteiger partial charge on any atom is -0.301 e. The molecule has 0 bridgehead atoms. The van der Waals surface area contributed by atoms with Gasteiger partial charge in [0.05, 0.1) is 11.6 Å². The van der Waals surface area contributed by atoms with Crippen molar-refractivity contribution in [2.24, 2.45) is 0 Å². The van der Waals surface area contributed by atoms with Crippen LogP contribution in [-0.4, -0.2) is 12.1 Å². The quantitative estimate of drug-likeness (QED) is 0.486. The van der Waals surface area contributed by atoms with Gasteiger partial charge in [0.25, 0.3) is 0 Å². The van der Waals surface area contributed by atoms with E-state index in [2.05, 4.69) is 23.2 Å². The summed E-state index contributed by atoms with van der Waals surface area (Å²) in [6, 6.07) is 2.07. The van der Waals surface area contributed by atoms with Crippen molar-refractivity contribution in [2.45, 2.75) is 32.7 Å². The first-order valence-electron chi connectivity index (χ1n) is 3.68. The maximum Gasteiger partial charge on any atom is 0.0744 e. The second kappa shape index (κ2) is 4.77. The van der Waals surface area contributed by atoms with Crippen LogP contribution in [0.1, 0.15) is 27.2 Å². The summed E-state index contributed by atoms with van der Waals surface area (Å²) in [5.74, 6) is 5.85. The molecule has 0 rings (SSSR count). The summed E-state index contributed by atoms with van der Waals surface area (Å²) in [6.07, 6.45) is 0.537. The van der Waals surface area contributed by atoms with E-state index in [1.54, 1.807) is 0 Å². The topological polar surface area (TPSA) is 35.8 Å².